The number of hydrogen-bond donors (Lipinski definition) is 2. The van der Waals surface area contributed by atoms with Gasteiger partial charge in [0.1, 0.15) is 5.82 Å². The second kappa shape index (κ2) is 6.02. The number of nitrogens with two attached hydrogens (primary N) is 1. The monoisotopic (exact) mass is 262 g/mol. The van der Waals surface area contributed by atoms with E-state index in [1.807, 2.05) is 24.9 Å². The quantitative estimate of drug-likeness (QED) is 0.642. The number of carbonyl (C=O) groups excluding carboxylic acids is 1. The van der Waals surface area contributed by atoms with Gasteiger partial charge in [0.05, 0.1) is 0 Å². The van der Waals surface area contributed by atoms with Crippen molar-refractivity contribution in [2.45, 2.75) is 45.1 Å². The summed E-state index contributed by atoms with van der Waals surface area (Å²) in [6, 6.07) is 3.95. The molecule has 5 nitrogen and oxygen atoms in total. The Bertz CT molecular complexity index is 433. The summed E-state index contributed by atoms with van der Waals surface area (Å²) in [5.41, 5.74) is 4.06. The molecule has 1 aliphatic carbocycles. The van der Waals surface area contributed by atoms with Crippen molar-refractivity contribution in [2.24, 2.45) is 5.84 Å². The van der Waals surface area contributed by atoms with Crippen molar-refractivity contribution in [2.75, 3.05) is 12.5 Å². The lowest BCUT2D eigenvalue weighted by Gasteiger charge is -2.24. The van der Waals surface area contributed by atoms with E-state index in [1.165, 1.54) is 12.8 Å². The summed E-state index contributed by atoms with van der Waals surface area (Å²) in [5, 5.41) is 0. The van der Waals surface area contributed by atoms with E-state index in [9.17, 15) is 4.79 Å². The predicted octanol–water partition coefficient (Wildman–Crippen LogP) is 1.94. The zero-order chi connectivity index (χ0) is 13.8. The van der Waals surface area contributed by atoms with Crippen molar-refractivity contribution in [1.82, 2.24) is 9.88 Å². The van der Waals surface area contributed by atoms with E-state index in [0.29, 0.717) is 17.4 Å². The van der Waals surface area contributed by atoms with E-state index >= 15 is 0 Å². The van der Waals surface area contributed by atoms with Gasteiger partial charge >= 0.3 is 0 Å². The molecule has 0 atom stereocenters. The zero-order valence-electron chi connectivity index (χ0n) is 11.6. The molecule has 1 fully saturated rings. The minimum Gasteiger partial charge on any atom is -0.339 e. The lowest BCUT2D eigenvalue weighted by atomic mass is 10.1. The van der Waals surface area contributed by atoms with Crippen LogP contribution >= 0.6 is 0 Å². The SMILES string of the molecule is CCc1cc(C(=O)N(C)C2CCCC2)cc(NN)n1. The molecule has 1 saturated carbocycles. The minimum absolute atomic E-state index is 0.0560. The van der Waals surface area contributed by atoms with Crippen molar-refractivity contribution in [1.29, 1.82) is 0 Å². The van der Waals surface area contributed by atoms with Gasteiger partial charge in [-0.2, -0.15) is 0 Å². The summed E-state index contributed by atoms with van der Waals surface area (Å²) in [6.45, 7) is 2.01. The fraction of sp³-hybridized carbons (Fsp3) is 0.571. The molecule has 0 aromatic carbocycles. The lowest BCUT2D eigenvalue weighted by Crippen LogP contribution is -2.35. The zero-order valence-corrected chi connectivity index (χ0v) is 11.6. The number of nitrogens with zero attached hydrogens (tertiary/aromatic N) is 2. The number of rotatable bonds is 4. The molecule has 1 aliphatic rings. The van der Waals surface area contributed by atoms with Crippen LogP contribution < -0.4 is 11.3 Å². The standard InChI is InChI=1S/C14H22N4O/c1-3-11-8-10(9-13(16-11)17-15)14(19)18(2)12-6-4-5-7-12/h8-9,12H,3-7,15H2,1-2H3,(H,16,17). The average molecular weight is 262 g/mol. The van der Waals surface area contributed by atoms with Gasteiger partial charge in [0.25, 0.3) is 5.91 Å². The van der Waals surface area contributed by atoms with Crippen LogP contribution in [0.15, 0.2) is 12.1 Å². The molecule has 3 N–H and O–H groups in total. The van der Waals surface area contributed by atoms with Gasteiger partial charge in [-0.15, -0.1) is 0 Å². The summed E-state index contributed by atoms with van der Waals surface area (Å²) in [5.74, 6) is 6.00. The highest BCUT2D eigenvalue weighted by molar-refractivity contribution is 5.95. The molecule has 0 bridgehead atoms. The Hall–Kier alpha value is -1.62. The number of aromatic nitrogens is 1. The average Bonchev–Trinajstić information content (AvgIpc) is 2.99. The molecule has 0 saturated heterocycles. The van der Waals surface area contributed by atoms with Gasteiger partial charge in [0, 0.05) is 24.3 Å². The summed E-state index contributed by atoms with van der Waals surface area (Å²) in [4.78, 5) is 18.7. The number of nitrogen functional groups attached to an aromatic ring is 1. The number of hydrogen-bond acceptors (Lipinski definition) is 4. The molecule has 1 heterocycles. The Balaban J connectivity index is 2.21. The molecular weight excluding hydrogens is 240 g/mol. The summed E-state index contributed by atoms with van der Waals surface area (Å²) in [7, 11) is 1.89. The van der Waals surface area contributed by atoms with Crippen molar-refractivity contribution in [3.63, 3.8) is 0 Å². The van der Waals surface area contributed by atoms with Gasteiger partial charge in [0.15, 0.2) is 0 Å². The van der Waals surface area contributed by atoms with E-state index in [0.717, 1.165) is 25.0 Å². The number of carbonyl (C=O) groups is 1. The van der Waals surface area contributed by atoms with Gasteiger partial charge in [-0.25, -0.2) is 10.8 Å². The summed E-state index contributed by atoms with van der Waals surface area (Å²) in [6.07, 6.45) is 5.43. The first-order chi connectivity index (χ1) is 9.15. The van der Waals surface area contributed by atoms with Crippen LogP contribution in [0.4, 0.5) is 5.82 Å². The van der Waals surface area contributed by atoms with Crippen LogP contribution in [0.1, 0.15) is 48.7 Å². The van der Waals surface area contributed by atoms with E-state index in [2.05, 4.69) is 10.4 Å². The van der Waals surface area contributed by atoms with Crippen LogP contribution in [0.3, 0.4) is 0 Å². The Morgan fingerprint density at radius 1 is 1.47 bits per heavy atom. The highest BCUT2D eigenvalue weighted by Crippen LogP contribution is 2.24. The number of amides is 1. The van der Waals surface area contributed by atoms with Gasteiger partial charge in [-0.1, -0.05) is 19.8 Å². The Morgan fingerprint density at radius 3 is 2.74 bits per heavy atom. The molecule has 0 aliphatic heterocycles. The van der Waals surface area contributed by atoms with Crippen LogP contribution in [-0.4, -0.2) is 28.9 Å². The first-order valence-corrected chi connectivity index (χ1v) is 6.90. The predicted molar refractivity (Wildman–Crippen MR) is 75.8 cm³/mol. The molecule has 5 heteroatoms. The first kappa shape index (κ1) is 13.8. The third kappa shape index (κ3) is 3.04. The molecular formula is C14H22N4O. The summed E-state index contributed by atoms with van der Waals surface area (Å²) >= 11 is 0. The van der Waals surface area contributed by atoms with E-state index < -0.39 is 0 Å². The molecule has 19 heavy (non-hydrogen) atoms. The van der Waals surface area contributed by atoms with Crippen LogP contribution in [-0.2, 0) is 6.42 Å². The van der Waals surface area contributed by atoms with Gasteiger partial charge in [-0.3, -0.25) is 4.79 Å². The highest BCUT2D eigenvalue weighted by atomic mass is 16.2. The van der Waals surface area contributed by atoms with Gasteiger partial charge in [-0.05, 0) is 31.4 Å². The maximum absolute atomic E-state index is 12.5. The number of pyridine rings is 1. The third-order valence-electron chi connectivity index (χ3n) is 3.83. The van der Waals surface area contributed by atoms with Crippen molar-refractivity contribution in [3.8, 4) is 0 Å². The van der Waals surface area contributed by atoms with Gasteiger partial charge < -0.3 is 10.3 Å². The first-order valence-electron chi connectivity index (χ1n) is 6.90. The normalized spacial score (nSPS) is 15.5. The largest absolute Gasteiger partial charge is 0.339 e. The maximum atomic E-state index is 12.5. The van der Waals surface area contributed by atoms with Crippen LogP contribution in [0.25, 0.3) is 0 Å². The van der Waals surface area contributed by atoms with Gasteiger partial charge in [0.2, 0.25) is 0 Å². The Morgan fingerprint density at radius 2 is 2.16 bits per heavy atom. The molecule has 1 aromatic heterocycles. The molecule has 0 unspecified atom stereocenters. The van der Waals surface area contributed by atoms with Crippen LogP contribution in [0.2, 0.25) is 0 Å². The maximum Gasteiger partial charge on any atom is 0.254 e. The van der Waals surface area contributed by atoms with Crippen LogP contribution in [0.5, 0.6) is 0 Å². The second-order valence-electron chi connectivity index (χ2n) is 5.08. The van der Waals surface area contributed by atoms with Crippen molar-refractivity contribution >= 4 is 11.7 Å². The molecule has 1 amide bonds. The smallest absolute Gasteiger partial charge is 0.254 e. The Labute approximate surface area is 114 Å². The fourth-order valence-corrected chi connectivity index (χ4v) is 2.63. The topological polar surface area (TPSA) is 71.2 Å². The minimum atomic E-state index is 0.0560. The molecule has 1 aromatic rings. The van der Waals surface area contributed by atoms with Crippen LogP contribution in [0, 0.1) is 0 Å². The van der Waals surface area contributed by atoms with E-state index in [-0.39, 0.29) is 5.91 Å². The van der Waals surface area contributed by atoms with Crippen molar-refractivity contribution < 1.29 is 4.79 Å². The highest BCUT2D eigenvalue weighted by Gasteiger charge is 2.24. The molecule has 0 spiro atoms. The summed E-state index contributed by atoms with van der Waals surface area (Å²) < 4.78 is 0. The van der Waals surface area contributed by atoms with E-state index in [1.54, 1.807) is 6.07 Å². The number of anilines is 1. The molecule has 2 rings (SSSR count). The van der Waals surface area contributed by atoms with Crippen molar-refractivity contribution in [3.05, 3.63) is 23.4 Å². The Kier molecular flexibility index (Phi) is 4.37. The number of hydrazine groups is 1. The van der Waals surface area contributed by atoms with E-state index in [4.69, 9.17) is 5.84 Å². The molecule has 104 valence electrons. The number of aryl methyl sites for hydroxylation is 1. The lowest BCUT2D eigenvalue weighted by molar-refractivity contribution is 0.0735. The molecule has 0 radical (unpaired) electrons. The fourth-order valence-electron chi connectivity index (χ4n) is 2.63. The third-order valence-corrected chi connectivity index (χ3v) is 3.83. The number of nitrogens with one attached hydrogen (secondary N) is 1. The second-order valence-corrected chi connectivity index (χ2v) is 5.08.